The summed E-state index contributed by atoms with van der Waals surface area (Å²) in [6.07, 6.45) is 2.31. The Kier molecular flexibility index (Phi) is 7.25. The molecule has 4 rings (SSSR count). The van der Waals surface area contributed by atoms with Crippen molar-refractivity contribution in [3.8, 4) is 0 Å². The Balaban J connectivity index is 1.76. The van der Waals surface area contributed by atoms with Gasteiger partial charge in [0, 0.05) is 12.2 Å². The maximum absolute atomic E-state index is 14.0. The molecule has 0 aromatic heterocycles. The molecule has 1 aromatic carbocycles. The first kappa shape index (κ1) is 25.6. The Morgan fingerprint density at radius 3 is 2.66 bits per heavy atom. The van der Waals surface area contributed by atoms with Gasteiger partial charge in [0.05, 0.1) is 30.6 Å². The summed E-state index contributed by atoms with van der Waals surface area (Å²) in [6, 6.07) is 4.39. The molecule has 2 bridgehead atoms. The molecule has 1 spiro atoms. The third-order valence-corrected chi connectivity index (χ3v) is 8.33. The van der Waals surface area contributed by atoms with Crippen LogP contribution in [0.15, 0.2) is 18.2 Å². The van der Waals surface area contributed by atoms with Crippen molar-refractivity contribution in [2.75, 3.05) is 18.5 Å². The second-order valence-electron chi connectivity index (χ2n) is 10.5. The molecular formula is C27H39N3O5. The number of hydrogen-bond donors (Lipinski definition) is 3. The van der Waals surface area contributed by atoms with Crippen molar-refractivity contribution in [1.82, 2.24) is 10.2 Å². The van der Waals surface area contributed by atoms with E-state index in [1.807, 2.05) is 52.8 Å². The third kappa shape index (κ3) is 4.14. The minimum absolute atomic E-state index is 0.0280. The number of nitrogens with zero attached hydrogens (tertiary/aromatic N) is 1. The number of aliphatic hydroxyl groups is 1. The molecule has 3 saturated heterocycles. The summed E-state index contributed by atoms with van der Waals surface area (Å²) in [5, 5.41) is 16.3. The SMILES string of the molecule is CCCNC(=O)[C@@H]1[C@H]2C(=O)N([C@@H](CO)[C@@H](C)CC)C(C(=O)Nc3cc(C)ccc3C)C23CC[C@H]1O3. The molecule has 2 unspecified atom stereocenters. The Hall–Kier alpha value is -2.45. The number of hydrogen-bond acceptors (Lipinski definition) is 5. The number of likely N-dealkylation sites (tertiary alicyclic amines) is 1. The lowest BCUT2D eigenvalue weighted by Gasteiger charge is -2.38. The van der Waals surface area contributed by atoms with Gasteiger partial charge >= 0.3 is 0 Å². The summed E-state index contributed by atoms with van der Waals surface area (Å²) >= 11 is 0. The number of carbonyl (C=O) groups excluding carboxylic acids is 3. The number of aliphatic hydroxyl groups excluding tert-OH is 1. The fourth-order valence-corrected chi connectivity index (χ4v) is 6.30. The van der Waals surface area contributed by atoms with Crippen molar-refractivity contribution in [3.63, 3.8) is 0 Å². The van der Waals surface area contributed by atoms with E-state index in [4.69, 9.17) is 4.74 Å². The average molecular weight is 486 g/mol. The number of fused-ring (bicyclic) bond motifs is 1. The molecule has 0 saturated carbocycles. The number of anilines is 1. The molecule has 1 aromatic rings. The van der Waals surface area contributed by atoms with Gasteiger partial charge in [0.1, 0.15) is 11.6 Å². The summed E-state index contributed by atoms with van der Waals surface area (Å²) in [4.78, 5) is 42.7. The van der Waals surface area contributed by atoms with Crippen molar-refractivity contribution in [2.24, 2.45) is 17.8 Å². The van der Waals surface area contributed by atoms with Crippen LogP contribution in [0.25, 0.3) is 0 Å². The Morgan fingerprint density at radius 1 is 1.26 bits per heavy atom. The molecule has 3 N–H and O–H groups in total. The van der Waals surface area contributed by atoms with E-state index >= 15 is 0 Å². The summed E-state index contributed by atoms with van der Waals surface area (Å²) in [5.41, 5.74) is 1.55. The highest BCUT2D eigenvalue weighted by atomic mass is 16.5. The van der Waals surface area contributed by atoms with Crippen LogP contribution in [0.2, 0.25) is 0 Å². The second kappa shape index (κ2) is 9.90. The molecular weight excluding hydrogens is 446 g/mol. The summed E-state index contributed by atoms with van der Waals surface area (Å²) < 4.78 is 6.47. The first-order chi connectivity index (χ1) is 16.7. The molecule has 192 valence electrons. The highest BCUT2D eigenvalue weighted by Gasteiger charge is 2.75. The van der Waals surface area contributed by atoms with Crippen LogP contribution in [0.4, 0.5) is 5.69 Å². The largest absolute Gasteiger partial charge is 0.394 e. The normalized spacial score (nSPS) is 30.8. The van der Waals surface area contributed by atoms with Crippen LogP contribution in [-0.2, 0) is 19.1 Å². The first-order valence-corrected chi connectivity index (χ1v) is 13.0. The number of nitrogens with one attached hydrogen (secondary N) is 2. The van der Waals surface area contributed by atoms with E-state index in [0.29, 0.717) is 25.1 Å². The number of ether oxygens (including phenoxy) is 1. The minimum Gasteiger partial charge on any atom is -0.394 e. The summed E-state index contributed by atoms with van der Waals surface area (Å²) in [6.45, 7) is 10.1. The number of rotatable bonds is 9. The van der Waals surface area contributed by atoms with E-state index in [2.05, 4.69) is 10.6 Å². The van der Waals surface area contributed by atoms with E-state index in [1.165, 1.54) is 0 Å². The predicted molar refractivity (Wildman–Crippen MR) is 133 cm³/mol. The molecule has 3 amide bonds. The van der Waals surface area contributed by atoms with Crippen LogP contribution in [0.3, 0.4) is 0 Å². The Morgan fingerprint density at radius 2 is 2.00 bits per heavy atom. The van der Waals surface area contributed by atoms with Crippen LogP contribution < -0.4 is 10.6 Å². The van der Waals surface area contributed by atoms with E-state index in [1.54, 1.807) is 4.90 Å². The quantitative estimate of drug-likeness (QED) is 0.498. The van der Waals surface area contributed by atoms with E-state index in [0.717, 1.165) is 24.0 Å². The fourth-order valence-electron chi connectivity index (χ4n) is 6.30. The topological polar surface area (TPSA) is 108 Å². The van der Waals surface area contributed by atoms with Gasteiger partial charge < -0.3 is 25.4 Å². The zero-order valence-corrected chi connectivity index (χ0v) is 21.5. The fraction of sp³-hybridized carbons (Fsp3) is 0.667. The zero-order chi connectivity index (χ0) is 25.5. The Labute approximate surface area is 207 Å². The Bertz CT molecular complexity index is 997. The average Bonchev–Trinajstić information content (AvgIpc) is 3.48. The van der Waals surface area contributed by atoms with Gasteiger partial charge in [-0.25, -0.2) is 0 Å². The summed E-state index contributed by atoms with van der Waals surface area (Å²) in [5.74, 6) is -2.15. The van der Waals surface area contributed by atoms with E-state index < -0.39 is 29.5 Å². The van der Waals surface area contributed by atoms with Crippen LogP contribution in [0.5, 0.6) is 0 Å². The van der Waals surface area contributed by atoms with Crippen molar-refractivity contribution in [1.29, 1.82) is 0 Å². The van der Waals surface area contributed by atoms with Crippen LogP contribution in [0, 0.1) is 31.6 Å². The molecule has 8 heteroatoms. The number of carbonyl (C=O) groups is 3. The molecule has 3 fully saturated rings. The highest BCUT2D eigenvalue weighted by molar-refractivity contribution is 6.04. The van der Waals surface area contributed by atoms with Gasteiger partial charge in [0.15, 0.2) is 0 Å². The van der Waals surface area contributed by atoms with Gasteiger partial charge in [-0.15, -0.1) is 0 Å². The molecule has 0 radical (unpaired) electrons. The van der Waals surface area contributed by atoms with E-state index in [9.17, 15) is 19.5 Å². The van der Waals surface area contributed by atoms with Crippen molar-refractivity contribution in [2.45, 2.75) is 84.1 Å². The minimum atomic E-state index is -1.07. The lowest BCUT2D eigenvalue weighted by Crippen LogP contribution is -2.57. The summed E-state index contributed by atoms with van der Waals surface area (Å²) in [7, 11) is 0. The van der Waals surface area contributed by atoms with Crippen molar-refractivity contribution in [3.05, 3.63) is 29.3 Å². The third-order valence-electron chi connectivity index (χ3n) is 8.33. The molecule has 3 heterocycles. The van der Waals surface area contributed by atoms with Gasteiger partial charge in [0.2, 0.25) is 17.7 Å². The molecule has 0 aliphatic carbocycles. The van der Waals surface area contributed by atoms with Gasteiger partial charge in [-0.05, 0) is 56.2 Å². The van der Waals surface area contributed by atoms with Gasteiger partial charge in [0.25, 0.3) is 0 Å². The first-order valence-electron chi connectivity index (χ1n) is 13.0. The zero-order valence-electron chi connectivity index (χ0n) is 21.5. The maximum Gasteiger partial charge on any atom is 0.250 e. The standard InChI is InChI=1S/C27H39N3O5/c1-6-12-28-24(32)21-20-10-11-27(35-20)22(21)26(34)30(19(14-31)16(4)7-2)23(27)25(33)29-18-13-15(3)8-9-17(18)5/h8-9,13,16,19-23,31H,6-7,10-12,14H2,1-5H3,(H,28,32)(H,29,33)/t16-,19-,20+,21-,22-,23?,27?/m0/s1. The molecule has 8 nitrogen and oxygen atoms in total. The number of benzene rings is 1. The lowest BCUT2D eigenvalue weighted by atomic mass is 9.70. The van der Waals surface area contributed by atoms with Gasteiger partial charge in [-0.3, -0.25) is 14.4 Å². The van der Waals surface area contributed by atoms with Crippen LogP contribution in [0.1, 0.15) is 57.6 Å². The molecule has 3 aliphatic heterocycles. The van der Waals surface area contributed by atoms with Gasteiger partial charge in [-0.1, -0.05) is 39.3 Å². The van der Waals surface area contributed by atoms with Crippen LogP contribution >= 0.6 is 0 Å². The van der Waals surface area contributed by atoms with Crippen molar-refractivity contribution >= 4 is 23.4 Å². The second-order valence-corrected chi connectivity index (χ2v) is 10.5. The number of aryl methyl sites for hydroxylation is 2. The molecule has 7 atom stereocenters. The smallest absolute Gasteiger partial charge is 0.250 e. The number of amides is 3. The molecule has 3 aliphatic rings. The van der Waals surface area contributed by atoms with Crippen molar-refractivity contribution < 1.29 is 24.2 Å². The van der Waals surface area contributed by atoms with E-state index in [-0.39, 0.29) is 36.4 Å². The van der Waals surface area contributed by atoms with Crippen LogP contribution in [-0.4, -0.2) is 64.7 Å². The monoisotopic (exact) mass is 485 g/mol. The predicted octanol–water partition coefficient (Wildman–Crippen LogP) is 2.55. The lowest BCUT2D eigenvalue weighted by molar-refractivity contribution is -0.145. The molecule has 35 heavy (non-hydrogen) atoms. The maximum atomic E-state index is 14.0. The van der Waals surface area contributed by atoms with Gasteiger partial charge in [-0.2, -0.15) is 0 Å². The highest BCUT2D eigenvalue weighted by Crippen LogP contribution is 2.59.